The number of anilines is 1. The van der Waals surface area contributed by atoms with E-state index in [4.69, 9.17) is 9.63 Å². The van der Waals surface area contributed by atoms with Gasteiger partial charge < -0.3 is 14.9 Å². The maximum Gasteiger partial charge on any atom is 0.335 e. The third-order valence-electron chi connectivity index (χ3n) is 3.83. The fraction of sp³-hybridized carbons (Fsp3) is 0.353. The standard InChI is InChI=1S/C17H20N2O4/c1-9-5-6-13(17(21)22)8-14(9)18-15(20)7-10(2)16-11(3)19-23-12(16)4/h5-6,8,10H,7H2,1-4H3,(H,18,20)(H,21,22). The zero-order valence-corrected chi connectivity index (χ0v) is 13.6. The number of carboxylic acids is 1. The van der Waals surface area contributed by atoms with Gasteiger partial charge in [-0.2, -0.15) is 0 Å². The Morgan fingerprint density at radius 3 is 2.57 bits per heavy atom. The topological polar surface area (TPSA) is 92.4 Å². The predicted octanol–water partition coefficient (Wildman–Crippen LogP) is 3.43. The van der Waals surface area contributed by atoms with Gasteiger partial charge >= 0.3 is 5.97 Å². The summed E-state index contributed by atoms with van der Waals surface area (Å²) >= 11 is 0. The first kappa shape index (κ1) is 16.7. The summed E-state index contributed by atoms with van der Waals surface area (Å²) in [7, 11) is 0. The van der Waals surface area contributed by atoms with Crippen LogP contribution in [0.3, 0.4) is 0 Å². The normalized spacial score (nSPS) is 12.0. The van der Waals surface area contributed by atoms with Crippen LogP contribution in [0.4, 0.5) is 5.69 Å². The molecule has 0 aliphatic rings. The van der Waals surface area contributed by atoms with Crippen molar-refractivity contribution in [2.75, 3.05) is 5.32 Å². The lowest BCUT2D eigenvalue weighted by Crippen LogP contribution is -2.16. The van der Waals surface area contributed by atoms with E-state index in [0.717, 1.165) is 16.8 Å². The Bertz CT molecular complexity index is 730. The molecule has 1 aromatic heterocycles. The lowest BCUT2D eigenvalue weighted by Gasteiger charge is -2.13. The van der Waals surface area contributed by atoms with Crippen molar-refractivity contribution in [1.29, 1.82) is 0 Å². The van der Waals surface area contributed by atoms with Gasteiger partial charge in [0, 0.05) is 17.7 Å². The molecule has 0 bridgehead atoms. The molecule has 0 radical (unpaired) electrons. The van der Waals surface area contributed by atoms with Gasteiger partial charge in [0.1, 0.15) is 5.76 Å². The number of benzene rings is 1. The second-order valence-electron chi connectivity index (χ2n) is 5.73. The Balaban J connectivity index is 2.11. The van der Waals surface area contributed by atoms with Crippen LogP contribution in [0.2, 0.25) is 0 Å². The fourth-order valence-electron chi connectivity index (χ4n) is 2.66. The van der Waals surface area contributed by atoms with Crippen molar-refractivity contribution in [3.63, 3.8) is 0 Å². The van der Waals surface area contributed by atoms with Crippen LogP contribution in [0.25, 0.3) is 0 Å². The SMILES string of the molecule is Cc1ccc(C(=O)O)cc1NC(=O)CC(C)c1c(C)noc1C. The minimum Gasteiger partial charge on any atom is -0.478 e. The van der Waals surface area contributed by atoms with Gasteiger partial charge in [-0.15, -0.1) is 0 Å². The minimum atomic E-state index is -1.02. The van der Waals surface area contributed by atoms with Gasteiger partial charge in [0.15, 0.2) is 0 Å². The molecule has 1 heterocycles. The summed E-state index contributed by atoms with van der Waals surface area (Å²) in [5.41, 5.74) is 3.20. The summed E-state index contributed by atoms with van der Waals surface area (Å²) in [6.07, 6.45) is 0.264. The van der Waals surface area contributed by atoms with Crippen LogP contribution in [-0.2, 0) is 4.79 Å². The van der Waals surface area contributed by atoms with Gasteiger partial charge in [0.05, 0.1) is 11.3 Å². The van der Waals surface area contributed by atoms with Gasteiger partial charge in [-0.05, 0) is 44.4 Å². The summed E-state index contributed by atoms with van der Waals surface area (Å²) in [5.74, 6) is -0.524. The lowest BCUT2D eigenvalue weighted by atomic mass is 9.96. The van der Waals surface area contributed by atoms with Gasteiger partial charge in [0.25, 0.3) is 0 Å². The van der Waals surface area contributed by atoms with Crippen molar-refractivity contribution in [1.82, 2.24) is 5.16 Å². The van der Waals surface area contributed by atoms with E-state index in [0.29, 0.717) is 11.4 Å². The summed E-state index contributed by atoms with van der Waals surface area (Å²) < 4.78 is 5.13. The van der Waals surface area contributed by atoms with Crippen LogP contribution in [0.15, 0.2) is 22.7 Å². The Morgan fingerprint density at radius 1 is 1.30 bits per heavy atom. The highest BCUT2D eigenvalue weighted by molar-refractivity contribution is 5.95. The fourth-order valence-corrected chi connectivity index (χ4v) is 2.66. The Morgan fingerprint density at radius 2 is 2.00 bits per heavy atom. The number of hydrogen-bond acceptors (Lipinski definition) is 4. The van der Waals surface area contributed by atoms with Crippen LogP contribution in [-0.4, -0.2) is 22.1 Å². The van der Waals surface area contributed by atoms with E-state index in [1.54, 1.807) is 6.07 Å². The maximum absolute atomic E-state index is 12.3. The molecule has 6 heteroatoms. The molecule has 2 rings (SSSR count). The third-order valence-corrected chi connectivity index (χ3v) is 3.83. The number of nitrogens with one attached hydrogen (secondary N) is 1. The first-order valence-electron chi connectivity index (χ1n) is 7.36. The van der Waals surface area contributed by atoms with Crippen LogP contribution in [0.5, 0.6) is 0 Å². The molecule has 1 amide bonds. The summed E-state index contributed by atoms with van der Waals surface area (Å²) in [5, 5.41) is 15.7. The van der Waals surface area contributed by atoms with E-state index in [1.807, 2.05) is 27.7 Å². The average Bonchev–Trinajstić information content (AvgIpc) is 2.80. The first-order chi connectivity index (χ1) is 10.8. The Kier molecular flexibility index (Phi) is 4.83. The number of aromatic carboxylic acids is 1. The van der Waals surface area contributed by atoms with Gasteiger partial charge in [0.2, 0.25) is 5.91 Å². The zero-order chi connectivity index (χ0) is 17.1. The van der Waals surface area contributed by atoms with Crippen LogP contribution in [0.1, 0.15) is 52.2 Å². The molecular weight excluding hydrogens is 296 g/mol. The molecule has 122 valence electrons. The van der Waals surface area contributed by atoms with Crippen LogP contribution < -0.4 is 5.32 Å². The highest BCUT2D eigenvalue weighted by Crippen LogP contribution is 2.26. The lowest BCUT2D eigenvalue weighted by molar-refractivity contribution is -0.116. The van der Waals surface area contributed by atoms with Crippen LogP contribution >= 0.6 is 0 Å². The van der Waals surface area contributed by atoms with E-state index >= 15 is 0 Å². The highest BCUT2D eigenvalue weighted by Gasteiger charge is 2.19. The third kappa shape index (κ3) is 3.77. The molecule has 1 atom stereocenters. The largest absolute Gasteiger partial charge is 0.478 e. The molecule has 2 aromatic rings. The zero-order valence-electron chi connectivity index (χ0n) is 13.6. The number of rotatable bonds is 5. The number of carboxylic acid groups (broad SMARTS) is 1. The molecule has 0 aliphatic heterocycles. The Labute approximate surface area is 134 Å². The number of carbonyl (C=O) groups is 2. The second kappa shape index (κ2) is 6.64. The van der Waals surface area contributed by atoms with Crippen molar-refractivity contribution in [3.05, 3.63) is 46.3 Å². The van der Waals surface area contributed by atoms with Crippen molar-refractivity contribution in [2.24, 2.45) is 0 Å². The number of aryl methyl sites for hydroxylation is 3. The van der Waals surface area contributed by atoms with Crippen molar-refractivity contribution >= 4 is 17.6 Å². The van der Waals surface area contributed by atoms with Crippen LogP contribution in [0, 0.1) is 20.8 Å². The van der Waals surface area contributed by atoms with E-state index in [1.165, 1.54) is 12.1 Å². The maximum atomic E-state index is 12.3. The highest BCUT2D eigenvalue weighted by atomic mass is 16.5. The molecule has 0 fully saturated rings. The Hall–Kier alpha value is -2.63. The molecule has 1 aromatic carbocycles. The van der Waals surface area contributed by atoms with E-state index in [-0.39, 0.29) is 23.8 Å². The number of hydrogen-bond donors (Lipinski definition) is 2. The summed E-state index contributed by atoms with van der Waals surface area (Å²) in [6.45, 7) is 7.43. The van der Waals surface area contributed by atoms with E-state index < -0.39 is 5.97 Å². The van der Waals surface area contributed by atoms with Crippen molar-refractivity contribution < 1.29 is 19.2 Å². The van der Waals surface area contributed by atoms with E-state index in [2.05, 4.69) is 10.5 Å². The number of aromatic nitrogens is 1. The van der Waals surface area contributed by atoms with Crippen molar-refractivity contribution in [2.45, 2.75) is 40.0 Å². The molecule has 0 spiro atoms. The smallest absolute Gasteiger partial charge is 0.335 e. The quantitative estimate of drug-likeness (QED) is 0.881. The number of carbonyl (C=O) groups excluding carboxylic acids is 1. The molecule has 23 heavy (non-hydrogen) atoms. The molecule has 0 aliphatic carbocycles. The van der Waals surface area contributed by atoms with Gasteiger partial charge in [-0.1, -0.05) is 18.1 Å². The predicted molar refractivity (Wildman–Crippen MR) is 85.8 cm³/mol. The molecular formula is C17H20N2O4. The molecule has 2 N–H and O–H groups in total. The molecule has 0 saturated carbocycles. The second-order valence-corrected chi connectivity index (χ2v) is 5.73. The van der Waals surface area contributed by atoms with Gasteiger partial charge in [-0.3, -0.25) is 4.79 Å². The van der Waals surface area contributed by atoms with Crippen molar-refractivity contribution in [3.8, 4) is 0 Å². The molecule has 6 nitrogen and oxygen atoms in total. The summed E-state index contributed by atoms with van der Waals surface area (Å²) in [6, 6.07) is 4.66. The molecule has 1 unspecified atom stereocenters. The number of amides is 1. The molecule has 0 saturated heterocycles. The number of nitrogens with zero attached hydrogens (tertiary/aromatic N) is 1. The summed E-state index contributed by atoms with van der Waals surface area (Å²) in [4.78, 5) is 23.3. The van der Waals surface area contributed by atoms with E-state index in [9.17, 15) is 9.59 Å². The van der Waals surface area contributed by atoms with Gasteiger partial charge in [-0.25, -0.2) is 4.79 Å². The monoisotopic (exact) mass is 316 g/mol. The first-order valence-corrected chi connectivity index (χ1v) is 7.36. The average molecular weight is 316 g/mol. The minimum absolute atomic E-state index is 0.0378.